The standard InChI is InChI=1S/C15H22N2O3/c1-9-5-6-10(14(16)20)11(7-9)17-12(8-13(18)19)15(2,3)4/h5-7,12,17H,8H2,1-4H3,(H2,16,20)(H,18,19). The van der Waals surface area contributed by atoms with Gasteiger partial charge in [0.05, 0.1) is 12.0 Å². The van der Waals surface area contributed by atoms with Crippen LogP contribution in [0.4, 0.5) is 5.69 Å². The molecule has 1 amide bonds. The molecule has 20 heavy (non-hydrogen) atoms. The lowest BCUT2D eigenvalue weighted by molar-refractivity contribution is -0.137. The van der Waals surface area contributed by atoms with E-state index >= 15 is 0 Å². The number of hydrogen-bond acceptors (Lipinski definition) is 3. The Bertz CT molecular complexity index is 518. The van der Waals surface area contributed by atoms with E-state index in [-0.39, 0.29) is 17.9 Å². The summed E-state index contributed by atoms with van der Waals surface area (Å²) in [5.74, 6) is -1.42. The van der Waals surface area contributed by atoms with Gasteiger partial charge in [-0.05, 0) is 30.0 Å². The lowest BCUT2D eigenvalue weighted by Gasteiger charge is -2.32. The number of nitrogens with two attached hydrogens (primary N) is 1. The summed E-state index contributed by atoms with van der Waals surface area (Å²) in [5.41, 5.74) is 7.01. The molecule has 0 aliphatic heterocycles. The molecule has 0 heterocycles. The van der Waals surface area contributed by atoms with E-state index in [4.69, 9.17) is 10.8 Å². The maximum absolute atomic E-state index is 11.5. The number of primary amides is 1. The van der Waals surface area contributed by atoms with Crippen molar-refractivity contribution in [2.24, 2.45) is 11.1 Å². The second kappa shape index (κ2) is 5.94. The first-order valence-corrected chi connectivity index (χ1v) is 6.50. The van der Waals surface area contributed by atoms with Crippen molar-refractivity contribution in [1.82, 2.24) is 0 Å². The predicted molar refractivity (Wildman–Crippen MR) is 78.8 cm³/mol. The zero-order chi connectivity index (χ0) is 15.5. The Morgan fingerprint density at radius 2 is 1.95 bits per heavy atom. The van der Waals surface area contributed by atoms with Gasteiger partial charge in [0.15, 0.2) is 0 Å². The number of benzene rings is 1. The van der Waals surface area contributed by atoms with Crippen molar-refractivity contribution < 1.29 is 14.7 Å². The van der Waals surface area contributed by atoms with Crippen LogP contribution in [-0.2, 0) is 4.79 Å². The lowest BCUT2D eigenvalue weighted by Crippen LogP contribution is -2.36. The highest BCUT2D eigenvalue weighted by Crippen LogP contribution is 2.27. The average molecular weight is 278 g/mol. The van der Waals surface area contributed by atoms with E-state index in [0.717, 1.165) is 5.56 Å². The molecule has 1 rings (SSSR count). The van der Waals surface area contributed by atoms with Gasteiger partial charge in [0.25, 0.3) is 5.91 Å². The lowest BCUT2D eigenvalue weighted by atomic mass is 9.84. The van der Waals surface area contributed by atoms with Crippen LogP contribution in [0.1, 0.15) is 43.1 Å². The van der Waals surface area contributed by atoms with Crippen LogP contribution in [0.15, 0.2) is 18.2 Å². The second-order valence-electron chi connectivity index (χ2n) is 6.07. The van der Waals surface area contributed by atoms with Crippen molar-refractivity contribution in [3.63, 3.8) is 0 Å². The van der Waals surface area contributed by atoms with Gasteiger partial charge in [-0.1, -0.05) is 26.8 Å². The van der Waals surface area contributed by atoms with E-state index in [1.807, 2.05) is 27.7 Å². The molecule has 1 aromatic rings. The third-order valence-corrected chi connectivity index (χ3v) is 3.19. The molecule has 0 aromatic heterocycles. The molecule has 4 N–H and O–H groups in total. The van der Waals surface area contributed by atoms with Crippen LogP contribution in [0, 0.1) is 12.3 Å². The molecule has 5 nitrogen and oxygen atoms in total. The Hall–Kier alpha value is -2.04. The first kappa shape index (κ1) is 16.0. The number of aliphatic carboxylic acids is 1. The van der Waals surface area contributed by atoms with Crippen molar-refractivity contribution >= 4 is 17.6 Å². The van der Waals surface area contributed by atoms with Crippen LogP contribution < -0.4 is 11.1 Å². The number of aryl methyl sites for hydroxylation is 1. The van der Waals surface area contributed by atoms with Crippen molar-refractivity contribution in [3.8, 4) is 0 Å². The van der Waals surface area contributed by atoms with Crippen LogP contribution in [0.3, 0.4) is 0 Å². The zero-order valence-corrected chi connectivity index (χ0v) is 12.4. The second-order valence-corrected chi connectivity index (χ2v) is 6.07. The van der Waals surface area contributed by atoms with Crippen LogP contribution in [0.25, 0.3) is 0 Å². The van der Waals surface area contributed by atoms with Gasteiger partial charge in [-0.2, -0.15) is 0 Å². The Kier molecular flexibility index (Phi) is 4.76. The van der Waals surface area contributed by atoms with E-state index in [1.165, 1.54) is 0 Å². The molecule has 1 atom stereocenters. The number of carboxylic acids is 1. The summed E-state index contributed by atoms with van der Waals surface area (Å²) in [5, 5.41) is 12.2. The van der Waals surface area contributed by atoms with Crippen molar-refractivity contribution in [2.75, 3.05) is 5.32 Å². The largest absolute Gasteiger partial charge is 0.481 e. The Morgan fingerprint density at radius 3 is 2.40 bits per heavy atom. The van der Waals surface area contributed by atoms with Crippen LogP contribution in [0.2, 0.25) is 0 Å². The highest BCUT2D eigenvalue weighted by atomic mass is 16.4. The fourth-order valence-electron chi connectivity index (χ4n) is 1.93. The molecule has 0 fully saturated rings. The number of amides is 1. The number of hydrogen-bond donors (Lipinski definition) is 3. The number of anilines is 1. The first-order valence-electron chi connectivity index (χ1n) is 6.50. The third kappa shape index (κ3) is 4.26. The molecule has 0 aliphatic rings. The predicted octanol–water partition coefficient (Wildman–Crippen LogP) is 2.40. The molecule has 110 valence electrons. The molecule has 0 spiro atoms. The summed E-state index contributed by atoms with van der Waals surface area (Å²) >= 11 is 0. The fraction of sp³-hybridized carbons (Fsp3) is 0.467. The average Bonchev–Trinajstić information content (AvgIpc) is 2.25. The Morgan fingerprint density at radius 1 is 1.35 bits per heavy atom. The van der Waals surface area contributed by atoms with Crippen LogP contribution >= 0.6 is 0 Å². The quantitative estimate of drug-likeness (QED) is 0.771. The highest BCUT2D eigenvalue weighted by Gasteiger charge is 2.27. The van der Waals surface area contributed by atoms with E-state index in [9.17, 15) is 9.59 Å². The smallest absolute Gasteiger partial charge is 0.305 e. The minimum atomic E-state index is -0.884. The summed E-state index contributed by atoms with van der Waals surface area (Å²) in [6.45, 7) is 7.76. The molecule has 1 aromatic carbocycles. The van der Waals surface area contributed by atoms with Gasteiger partial charge in [0.1, 0.15) is 0 Å². The topological polar surface area (TPSA) is 92.4 Å². The molecule has 0 saturated heterocycles. The van der Waals surface area contributed by atoms with Crippen LogP contribution in [-0.4, -0.2) is 23.0 Å². The Balaban J connectivity index is 3.13. The molecule has 0 saturated carbocycles. The maximum atomic E-state index is 11.5. The number of carboxylic acid groups (broad SMARTS) is 1. The van der Waals surface area contributed by atoms with Crippen LogP contribution in [0.5, 0.6) is 0 Å². The summed E-state index contributed by atoms with van der Waals surface area (Å²) in [7, 11) is 0. The van der Waals surface area contributed by atoms with Gasteiger partial charge in [-0.25, -0.2) is 0 Å². The number of nitrogens with one attached hydrogen (secondary N) is 1. The number of carbonyl (C=O) groups is 2. The highest BCUT2D eigenvalue weighted by molar-refractivity contribution is 5.98. The minimum absolute atomic E-state index is 0.0321. The molecule has 5 heteroatoms. The third-order valence-electron chi connectivity index (χ3n) is 3.19. The fourth-order valence-corrected chi connectivity index (χ4v) is 1.93. The molecule has 0 bridgehead atoms. The maximum Gasteiger partial charge on any atom is 0.305 e. The molecule has 0 radical (unpaired) electrons. The van der Waals surface area contributed by atoms with E-state index in [0.29, 0.717) is 11.3 Å². The van der Waals surface area contributed by atoms with Gasteiger partial charge in [0, 0.05) is 11.7 Å². The molecular weight excluding hydrogens is 256 g/mol. The molecule has 1 unspecified atom stereocenters. The van der Waals surface area contributed by atoms with Crippen molar-refractivity contribution in [3.05, 3.63) is 29.3 Å². The SMILES string of the molecule is Cc1ccc(C(N)=O)c(NC(CC(=O)O)C(C)(C)C)c1. The van der Waals surface area contributed by atoms with Gasteiger partial charge < -0.3 is 16.2 Å². The van der Waals surface area contributed by atoms with Crippen molar-refractivity contribution in [1.29, 1.82) is 0 Å². The van der Waals surface area contributed by atoms with E-state index in [1.54, 1.807) is 18.2 Å². The first-order chi connectivity index (χ1) is 9.11. The summed E-state index contributed by atoms with van der Waals surface area (Å²) in [4.78, 5) is 22.5. The van der Waals surface area contributed by atoms with Gasteiger partial charge >= 0.3 is 5.97 Å². The van der Waals surface area contributed by atoms with E-state index < -0.39 is 11.9 Å². The monoisotopic (exact) mass is 278 g/mol. The van der Waals surface area contributed by atoms with E-state index in [2.05, 4.69) is 5.32 Å². The van der Waals surface area contributed by atoms with Gasteiger partial charge in [0.2, 0.25) is 0 Å². The number of rotatable bonds is 5. The summed E-state index contributed by atoms with van der Waals surface area (Å²) in [6, 6.07) is 4.95. The number of carbonyl (C=O) groups excluding carboxylic acids is 1. The van der Waals surface area contributed by atoms with Gasteiger partial charge in [-0.15, -0.1) is 0 Å². The molecule has 0 aliphatic carbocycles. The molecular formula is C15H22N2O3. The Labute approximate surface area is 119 Å². The normalized spacial score (nSPS) is 12.8. The summed E-state index contributed by atoms with van der Waals surface area (Å²) < 4.78 is 0. The minimum Gasteiger partial charge on any atom is -0.481 e. The van der Waals surface area contributed by atoms with Gasteiger partial charge in [-0.3, -0.25) is 9.59 Å². The summed E-state index contributed by atoms with van der Waals surface area (Å²) in [6.07, 6.45) is -0.0321. The zero-order valence-electron chi connectivity index (χ0n) is 12.4. The van der Waals surface area contributed by atoms with Crippen molar-refractivity contribution in [2.45, 2.75) is 40.2 Å².